The maximum absolute atomic E-state index is 9.48. The smallest absolute Gasteiger partial charge is 0.227 e. The third-order valence-electron chi connectivity index (χ3n) is 4.60. The molecule has 2 rings (SSSR count). The van der Waals surface area contributed by atoms with Gasteiger partial charge >= 0.3 is 0 Å². The molecular formula is C24H31ClN4O3. The highest BCUT2D eigenvalue weighted by atomic mass is 35.5. The lowest BCUT2D eigenvalue weighted by Gasteiger charge is -2.22. The second-order valence-corrected chi connectivity index (χ2v) is 7.88. The van der Waals surface area contributed by atoms with E-state index in [1.165, 1.54) is 0 Å². The second kappa shape index (κ2) is 12.9. The Bertz CT molecular complexity index is 918. The summed E-state index contributed by atoms with van der Waals surface area (Å²) in [4.78, 5) is 7.56. The third kappa shape index (κ3) is 7.13. The average molecular weight is 459 g/mol. The second-order valence-electron chi connectivity index (χ2n) is 7.47. The Kier molecular flexibility index (Phi) is 10.3. The number of hydrogen-bond acceptors (Lipinski definition) is 7. The van der Waals surface area contributed by atoms with E-state index in [0.717, 1.165) is 24.1 Å². The summed E-state index contributed by atoms with van der Waals surface area (Å²) in [6.07, 6.45) is 5.57. The number of halogens is 1. The minimum absolute atomic E-state index is 0.0244. The van der Waals surface area contributed by atoms with Crippen LogP contribution in [-0.2, 0) is 9.57 Å². The van der Waals surface area contributed by atoms with Crippen LogP contribution >= 0.6 is 11.6 Å². The van der Waals surface area contributed by atoms with Crippen molar-refractivity contribution in [1.29, 1.82) is 5.26 Å². The highest BCUT2D eigenvalue weighted by molar-refractivity contribution is 6.34. The molecule has 1 atom stereocenters. The summed E-state index contributed by atoms with van der Waals surface area (Å²) in [7, 11) is 3.77. The van der Waals surface area contributed by atoms with Crippen LogP contribution in [0.4, 0.5) is 0 Å². The molecule has 8 heteroatoms. The molecule has 1 aliphatic heterocycles. The van der Waals surface area contributed by atoms with E-state index in [9.17, 15) is 5.26 Å². The maximum atomic E-state index is 9.48. The van der Waals surface area contributed by atoms with E-state index in [-0.39, 0.29) is 12.7 Å². The first-order chi connectivity index (χ1) is 15.4. The molecule has 0 aromatic heterocycles. The Labute approximate surface area is 195 Å². The number of nitrogens with one attached hydrogen (secondary N) is 1. The molecule has 0 spiro atoms. The van der Waals surface area contributed by atoms with E-state index in [4.69, 9.17) is 25.9 Å². The van der Waals surface area contributed by atoms with Gasteiger partial charge in [0.2, 0.25) is 6.23 Å². The zero-order chi connectivity index (χ0) is 23.5. The van der Waals surface area contributed by atoms with E-state index in [1.54, 1.807) is 24.3 Å². The van der Waals surface area contributed by atoms with E-state index >= 15 is 0 Å². The molecule has 1 aromatic rings. The summed E-state index contributed by atoms with van der Waals surface area (Å²) in [5, 5.41) is 17.3. The Hall–Kier alpha value is -2.79. The number of rotatable bonds is 12. The average Bonchev–Trinajstić information content (AvgIpc) is 3.14. The van der Waals surface area contributed by atoms with Gasteiger partial charge in [-0.25, -0.2) is 0 Å². The van der Waals surface area contributed by atoms with Crippen LogP contribution in [0.2, 0.25) is 5.02 Å². The van der Waals surface area contributed by atoms with Gasteiger partial charge in [-0.05, 0) is 58.1 Å². The fourth-order valence-electron chi connectivity index (χ4n) is 2.98. The van der Waals surface area contributed by atoms with Crippen molar-refractivity contribution in [2.24, 2.45) is 5.16 Å². The van der Waals surface area contributed by atoms with Crippen LogP contribution in [0.3, 0.4) is 0 Å². The van der Waals surface area contributed by atoms with Gasteiger partial charge in [-0.1, -0.05) is 35.5 Å². The Morgan fingerprint density at radius 2 is 2.25 bits per heavy atom. The van der Waals surface area contributed by atoms with Gasteiger partial charge in [0.15, 0.2) is 5.84 Å². The number of ether oxygens (including phenoxy) is 2. The molecule has 0 amide bonds. The zero-order valence-electron chi connectivity index (χ0n) is 19.1. The number of oxime groups is 1. The summed E-state index contributed by atoms with van der Waals surface area (Å²) in [5.74, 6) is 1.29. The maximum Gasteiger partial charge on any atom is 0.227 e. The highest BCUT2D eigenvalue weighted by Crippen LogP contribution is 2.29. The molecule has 0 bridgehead atoms. The number of hydrogen-bond donors (Lipinski definition) is 1. The quantitative estimate of drug-likeness (QED) is 0.286. The summed E-state index contributed by atoms with van der Waals surface area (Å²) in [6, 6.07) is 7.68. The predicted octanol–water partition coefficient (Wildman–Crippen LogP) is 4.27. The lowest BCUT2D eigenvalue weighted by molar-refractivity contribution is 0.0509. The molecule has 172 valence electrons. The van der Waals surface area contributed by atoms with E-state index in [2.05, 4.69) is 23.1 Å². The zero-order valence-corrected chi connectivity index (χ0v) is 19.9. The van der Waals surface area contributed by atoms with Crippen molar-refractivity contribution in [3.05, 3.63) is 64.7 Å². The van der Waals surface area contributed by atoms with Crippen LogP contribution < -0.4 is 10.1 Å². The van der Waals surface area contributed by atoms with Crippen LogP contribution in [0.15, 0.2) is 59.3 Å². The Balaban J connectivity index is 2.16. The Morgan fingerprint density at radius 3 is 2.88 bits per heavy atom. The molecule has 1 N–H and O–H groups in total. The first-order valence-electron chi connectivity index (χ1n) is 10.5. The molecule has 7 nitrogen and oxygen atoms in total. The van der Waals surface area contributed by atoms with Gasteiger partial charge in [0.05, 0.1) is 36.0 Å². The molecule has 1 heterocycles. The molecule has 1 aliphatic rings. The molecule has 0 saturated carbocycles. The third-order valence-corrected chi connectivity index (χ3v) is 4.91. The summed E-state index contributed by atoms with van der Waals surface area (Å²) >= 11 is 6.52. The van der Waals surface area contributed by atoms with Crippen LogP contribution in [0.25, 0.3) is 0 Å². The van der Waals surface area contributed by atoms with E-state index in [1.807, 2.05) is 45.0 Å². The van der Waals surface area contributed by atoms with Gasteiger partial charge in [-0.2, -0.15) is 5.26 Å². The van der Waals surface area contributed by atoms with Crippen molar-refractivity contribution in [2.45, 2.75) is 32.6 Å². The minimum atomic E-state index is -0.529. The summed E-state index contributed by atoms with van der Waals surface area (Å²) < 4.78 is 11.3. The predicted molar refractivity (Wildman–Crippen MR) is 128 cm³/mol. The standard InChI is InChI=1S/C24H31ClN4O3/c1-6-8-19(13-18(15-26)16-31-17(2)3)24-29(5)23(28-32-24)21-10-9-20(14-22(21)25)30-12-7-11-27-4/h6,8-10,13-14,17,24,27H,1,7,11-12,16H2,2-5H3. The molecule has 0 radical (unpaired) electrons. The first kappa shape index (κ1) is 25.5. The SMILES string of the molecule is C=CC=C(C=C(C#N)COC(C)C)C1ON=C(c2ccc(OCCCNC)cc2Cl)N1C. The normalized spacial score (nSPS) is 16.6. The number of amidine groups is 1. The fourth-order valence-corrected chi connectivity index (χ4v) is 3.23. The number of benzene rings is 1. The van der Waals surface area contributed by atoms with Crippen molar-refractivity contribution in [2.75, 3.05) is 33.9 Å². The lowest BCUT2D eigenvalue weighted by atomic mass is 10.1. The van der Waals surface area contributed by atoms with Crippen molar-refractivity contribution in [1.82, 2.24) is 10.2 Å². The van der Waals surface area contributed by atoms with Crippen molar-refractivity contribution < 1.29 is 14.3 Å². The van der Waals surface area contributed by atoms with Crippen molar-refractivity contribution in [3.63, 3.8) is 0 Å². The van der Waals surface area contributed by atoms with Crippen LogP contribution in [-0.4, -0.2) is 56.9 Å². The van der Waals surface area contributed by atoms with Gasteiger partial charge in [-0.3, -0.25) is 0 Å². The monoisotopic (exact) mass is 458 g/mol. The van der Waals surface area contributed by atoms with Gasteiger partial charge in [0, 0.05) is 18.2 Å². The van der Waals surface area contributed by atoms with Crippen LogP contribution in [0, 0.1) is 11.3 Å². The number of nitrogens with zero attached hydrogens (tertiary/aromatic N) is 3. The molecule has 1 unspecified atom stereocenters. The van der Waals surface area contributed by atoms with Gasteiger partial charge in [0.25, 0.3) is 0 Å². The first-order valence-corrected chi connectivity index (χ1v) is 10.9. The molecule has 32 heavy (non-hydrogen) atoms. The number of allylic oxidation sites excluding steroid dienone is 2. The lowest BCUT2D eigenvalue weighted by Crippen LogP contribution is -2.34. The van der Waals surface area contributed by atoms with Gasteiger partial charge in [0.1, 0.15) is 5.75 Å². The summed E-state index contributed by atoms with van der Waals surface area (Å²) in [5.41, 5.74) is 1.94. The Morgan fingerprint density at radius 1 is 1.47 bits per heavy atom. The molecular weight excluding hydrogens is 428 g/mol. The fraction of sp³-hybridized carbons (Fsp3) is 0.417. The summed E-state index contributed by atoms with van der Waals surface area (Å²) in [6.45, 7) is 9.32. The van der Waals surface area contributed by atoms with E-state index < -0.39 is 6.23 Å². The topological polar surface area (TPSA) is 79.1 Å². The van der Waals surface area contributed by atoms with Gasteiger partial charge < -0.3 is 24.5 Å². The van der Waals surface area contributed by atoms with Crippen molar-refractivity contribution >= 4 is 17.4 Å². The van der Waals surface area contributed by atoms with Crippen LogP contribution in [0.1, 0.15) is 25.8 Å². The highest BCUT2D eigenvalue weighted by Gasteiger charge is 2.31. The number of likely N-dealkylation sites (N-methyl/N-ethyl adjacent to an activating group) is 1. The molecule has 1 aromatic carbocycles. The molecule has 0 aliphatic carbocycles. The largest absolute Gasteiger partial charge is 0.493 e. The number of nitriles is 1. The molecule has 0 fully saturated rings. The van der Waals surface area contributed by atoms with E-state index in [0.29, 0.717) is 28.8 Å². The van der Waals surface area contributed by atoms with Gasteiger partial charge in [-0.15, -0.1) is 0 Å². The van der Waals surface area contributed by atoms with Crippen LogP contribution in [0.5, 0.6) is 5.75 Å². The molecule has 0 saturated heterocycles. The van der Waals surface area contributed by atoms with Crippen molar-refractivity contribution in [3.8, 4) is 11.8 Å². The minimum Gasteiger partial charge on any atom is -0.493 e.